The van der Waals surface area contributed by atoms with Gasteiger partial charge < -0.3 is 9.47 Å². The molecule has 0 spiro atoms. The van der Waals surface area contributed by atoms with Crippen LogP contribution in [0.3, 0.4) is 0 Å². The number of carbonyl (C=O) groups is 1. The van der Waals surface area contributed by atoms with Gasteiger partial charge in [0.2, 0.25) is 5.91 Å². The number of nitrogens with zero attached hydrogens (tertiary/aromatic N) is 4. The molecule has 0 aromatic carbocycles. The Morgan fingerprint density at radius 1 is 1.43 bits per heavy atom. The first-order valence-electron chi connectivity index (χ1n) is 7.01. The van der Waals surface area contributed by atoms with Crippen molar-refractivity contribution in [2.24, 2.45) is 7.05 Å². The van der Waals surface area contributed by atoms with Crippen LogP contribution >= 0.6 is 0 Å². The fourth-order valence-corrected chi connectivity index (χ4v) is 2.70. The van der Waals surface area contributed by atoms with Gasteiger partial charge in [0, 0.05) is 37.9 Å². The number of carbonyl (C=O) groups excluding carboxylic acids is 1. The highest BCUT2D eigenvalue weighted by atomic mass is 16.2. The highest BCUT2D eigenvalue weighted by molar-refractivity contribution is 5.78. The predicted octanol–water partition coefficient (Wildman–Crippen LogP) is -0.220. The number of imidazole rings is 1. The van der Waals surface area contributed by atoms with Crippen LogP contribution in [0.15, 0.2) is 17.3 Å². The van der Waals surface area contributed by atoms with Gasteiger partial charge in [-0.25, -0.2) is 14.9 Å². The Kier molecular flexibility index (Phi) is 3.59. The van der Waals surface area contributed by atoms with Gasteiger partial charge in [-0.2, -0.15) is 5.10 Å². The number of hydrogen-bond acceptors (Lipinski definition) is 4. The molecule has 2 aromatic heterocycles. The summed E-state index contributed by atoms with van der Waals surface area (Å²) in [6.07, 6.45) is 5.43. The average Bonchev–Trinajstić information content (AvgIpc) is 3.08. The number of amides is 1. The van der Waals surface area contributed by atoms with Gasteiger partial charge in [-0.15, -0.1) is 0 Å². The van der Waals surface area contributed by atoms with Crippen LogP contribution in [0.4, 0.5) is 0 Å². The Bertz CT molecular complexity index is 677. The molecule has 1 aliphatic heterocycles. The Balaban J connectivity index is 1.57. The molecular formula is C13H18N6O2. The molecule has 112 valence electrons. The van der Waals surface area contributed by atoms with E-state index in [0.29, 0.717) is 25.3 Å². The topological polar surface area (TPSA) is 99.7 Å². The molecule has 3 rings (SSSR count). The number of rotatable bonds is 3. The third-order valence-corrected chi connectivity index (χ3v) is 4.00. The molecule has 2 aromatic rings. The van der Waals surface area contributed by atoms with Crippen LogP contribution in [-0.2, 0) is 18.3 Å². The second-order valence-electron chi connectivity index (χ2n) is 5.39. The summed E-state index contributed by atoms with van der Waals surface area (Å²) in [7, 11) is 1.88. The quantitative estimate of drug-likeness (QED) is 0.816. The van der Waals surface area contributed by atoms with Crippen molar-refractivity contribution in [2.45, 2.75) is 25.2 Å². The highest BCUT2D eigenvalue weighted by Crippen LogP contribution is 2.24. The summed E-state index contributed by atoms with van der Waals surface area (Å²) in [6.45, 7) is 1.38. The fourth-order valence-electron chi connectivity index (χ4n) is 2.70. The summed E-state index contributed by atoms with van der Waals surface area (Å²) in [5.74, 6) is 1.02. The van der Waals surface area contributed by atoms with E-state index in [1.807, 2.05) is 16.5 Å². The number of aromatic amines is 2. The molecule has 2 N–H and O–H groups in total. The summed E-state index contributed by atoms with van der Waals surface area (Å²) in [6, 6.07) is 0. The third-order valence-electron chi connectivity index (χ3n) is 4.00. The van der Waals surface area contributed by atoms with Crippen LogP contribution in [0.5, 0.6) is 0 Å². The zero-order chi connectivity index (χ0) is 14.8. The van der Waals surface area contributed by atoms with Crippen LogP contribution in [0.25, 0.3) is 0 Å². The van der Waals surface area contributed by atoms with Crippen molar-refractivity contribution in [2.75, 3.05) is 13.1 Å². The van der Waals surface area contributed by atoms with Crippen LogP contribution in [0, 0.1) is 0 Å². The summed E-state index contributed by atoms with van der Waals surface area (Å²) in [5, 5.41) is 6.36. The fraction of sp³-hybridized carbons (Fsp3) is 0.538. The average molecular weight is 290 g/mol. The first kappa shape index (κ1) is 13.6. The maximum atomic E-state index is 12.3. The molecule has 1 saturated heterocycles. The van der Waals surface area contributed by atoms with E-state index in [-0.39, 0.29) is 17.5 Å². The molecule has 1 amide bonds. The number of H-pyrrole nitrogens is 2. The lowest BCUT2D eigenvalue weighted by Gasteiger charge is -2.31. The first-order valence-corrected chi connectivity index (χ1v) is 7.01. The van der Waals surface area contributed by atoms with E-state index in [0.717, 1.165) is 18.5 Å². The number of hydrogen-bond donors (Lipinski definition) is 2. The number of likely N-dealkylation sites (tertiary alicyclic amines) is 1. The number of nitrogens with one attached hydrogen (secondary N) is 2. The molecule has 21 heavy (non-hydrogen) atoms. The lowest BCUT2D eigenvalue weighted by molar-refractivity contribution is -0.131. The van der Waals surface area contributed by atoms with E-state index >= 15 is 0 Å². The van der Waals surface area contributed by atoms with Gasteiger partial charge in [0.1, 0.15) is 5.82 Å². The van der Waals surface area contributed by atoms with Gasteiger partial charge in [-0.3, -0.25) is 9.78 Å². The summed E-state index contributed by atoms with van der Waals surface area (Å²) >= 11 is 0. The Morgan fingerprint density at radius 2 is 2.19 bits per heavy atom. The number of aryl methyl sites for hydroxylation is 1. The smallest absolute Gasteiger partial charge is 0.340 e. The molecule has 0 radical (unpaired) electrons. The SMILES string of the molecule is Cn1cncc1CC(=O)N1CCC(c2n[nH]c(=O)[nH]2)CC1. The van der Waals surface area contributed by atoms with E-state index in [1.54, 1.807) is 12.5 Å². The number of piperidine rings is 1. The van der Waals surface area contributed by atoms with Crippen molar-refractivity contribution in [1.82, 2.24) is 29.6 Å². The molecule has 0 aliphatic carbocycles. The van der Waals surface area contributed by atoms with Gasteiger partial charge in [0.15, 0.2) is 0 Å². The van der Waals surface area contributed by atoms with Gasteiger partial charge in [-0.1, -0.05) is 0 Å². The Morgan fingerprint density at radius 3 is 2.76 bits per heavy atom. The first-order chi connectivity index (χ1) is 10.1. The predicted molar refractivity (Wildman–Crippen MR) is 74.7 cm³/mol. The lowest BCUT2D eigenvalue weighted by atomic mass is 9.96. The van der Waals surface area contributed by atoms with Gasteiger partial charge >= 0.3 is 5.69 Å². The van der Waals surface area contributed by atoms with Crippen LogP contribution in [0.1, 0.15) is 30.3 Å². The summed E-state index contributed by atoms with van der Waals surface area (Å²) < 4.78 is 1.86. The molecular weight excluding hydrogens is 272 g/mol. The third kappa shape index (κ3) is 2.88. The van der Waals surface area contributed by atoms with Crippen molar-refractivity contribution >= 4 is 5.91 Å². The largest absolute Gasteiger partial charge is 0.342 e. The minimum Gasteiger partial charge on any atom is -0.342 e. The summed E-state index contributed by atoms with van der Waals surface area (Å²) in [5.41, 5.74) is 0.637. The Labute approximate surface area is 121 Å². The normalized spacial score (nSPS) is 16.3. The molecule has 1 fully saturated rings. The second kappa shape index (κ2) is 5.55. The van der Waals surface area contributed by atoms with Crippen LogP contribution in [0.2, 0.25) is 0 Å². The van der Waals surface area contributed by atoms with E-state index in [4.69, 9.17) is 0 Å². The monoisotopic (exact) mass is 290 g/mol. The molecule has 8 heteroatoms. The van der Waals surface area contributed by atoms with E-state index in [2.05, 4.69) is 20.2 Å². The molecule has 8 nitrogen and oxygen atoms in total. The van der Waals surface area contributed by atoms with Crippen LogP contribution in [-0.4, -0.2) is 48.6 Å². The lowest BCUT2D eigenvalue weighted by Crippen LogP contribution is -2.39. The van der Waals surface area contributed by atoms with E-state index in [1.165, 1.54) is 0 Å². The van der Waals surface area contributed by atoms with Crippen molar-refractivity contribution in [1.29, 1.82) is 0 Å². The van der Waals surface area contributed by atoms with Crippen molar-refractivity contribution in [3.05, 3.63) is 34.5 Å². The van der Waals surface area contributed by atoms with Gasteiger partial charge in [0.25, 0.3) is 0 Å². The van der Waals surface area contributed by atoms with Crippen molar-refractivity contribution < 1.29 is 4.79 Å². The zero-order valence-electron chi connectivity index (χ0n) is 11.9. The van der Waals surface area contributed by atoms with Gasteiger partial charge in [0.05, 0.1) is 12.7 Å². The molecule has 1 aliphatic rings. The summed E-state index contributed by atoms with van der Waals surface area (Å²) in [4.78, 5) is 31.9. The van der Waals surface area contributed by atoms with Crippen LogP contribution < -0.4 is 5.69 Å². The van der Waals surface area contributed by atoms with Crippen molar-refractivity contribution in [3.8, 4) is 0 Å². The molecule has 0 saturated carbocycles. The number of aromatic nitrogens is 5. The van der Waals surface area contributed by atoms with E-state index < -0.39 is 0 Å². The molecule has 0 bridgehead atoms. The molecule has 0 unspecified atom stereocenters. The maximum Gasteiger partial charge on any atom is 0.340 e. The minimum atomic E-state index is -0.278. The van der Waals surface area contributed by atoms with E-state index in [9.17, 15) is 9.59 Å². The van der Waals surface area contributed by atoms with Gasteiger partial charge in [-0.05, 0) is 12.8 Å². The second-order valence-corrected chi connectivity index (χ2v) is 5.39. The standard InChI is InChI=1S/C13H18N6O2/c1-18-8-14-7-10(18)6-11(20)19-4-2-9(3-5-19)12-15-13(21)17-16-12/h7-9H,2-6H2,1H3,(H2,15,16,17,21). The molecule has 3 heterocycles. The Hall–Kier alpha value is -2.38. The highest BCUT2D eigenvalue weighted by Gasteiger charge is 2.26. The van der Waals surface area contributed by atoms with Crippen molar-refractivity contribution in [3.63, 3.8) is 0 Å². The minimum absolute atomic E-state index is 0.118. The maximum absolute atomic E-state index is 12.3. The molecule has 0 atom stereocenters. The zero-order valence-corrected chi connectivity index (χ0v) is 11.9.